The normalized spacial score (nSPS) is 30.9. The van der Waals surface area contributed by atoms with Crippen LogP contribution in [0.3, 0.4) is 0 Å². The van der Waals surface area contributed by atoms with Gasteiger partial charge in [0.25, 0.3) is 0 Å². The van der Waals surface area contributed by atoms with E-state index in [1.165, 1.54) is 11.3 Å². The molecule has 3 unspecified atom stereocenters. The number of halogens is 2. The predicted molar refractivity (Wildman–Crippen MR) is 87.6 cm³/mol. The highest BCUT2D eigenvalue weighted by molar-refractivity contribution is 7.20. The van der Waals surface area contributed by atoms with Crippen LogP contribution in [0.15, 0.2) is 6.07 Å². The SMILES string of the molecule is CCNC(c1cc(Cl)sc1Cl)C1CCOC2(CCOC2)C1. The van der Waals surface area contributed by atoms with Gasteiger partial charge in [-0.25, -0.2) is 0 Å². The molecule has 0 bridgehead atoms. The van der Waals surface area contributed by atoms with Crippen LogP contribution in [0.2, 0.25) is 8.67 Å². The van der Waals surface area contributed by atoms with Crippen LogP contribution in [0.1, 0.15) is 37.8 Å². The highest BCUT2D eigenvalue weighted by Gasteiger charge is 2.43. The maximum Gasteiger partial charge on any atom is 0.0992 e. The first-order valence-corrected chi connectivity index (χ1v) is 9.10. The largest absolute Gasteiger partial charge is 0.378 e. The van der Waals surface area contributed by atoms with Gasteiger partial charge in [-0.2, -0.15) is 0 Å². The van der Waals surface area contributed by atoms with Gasteiger partial charge in [-0.05, 0) is 31.4 Å². The molecular formula is C15H21Cl2NO2S. The zero-order valence-corrected chi connectivity index (χ0v) is 14.5. The van der Waals surface area contributed by atoms with Gasteiger partial charge in [0.2, 0.25) is 0 Å². The number of hydrogen-bond acceptors (Lipinski definition) is 4. The van der Waals surface area contributed by atoms with Gasteiger partial charge in [-0.3, -0.25) is 0 Å². The van der Waals surface area contributed by atoms with Crippen LogP contribution in [0.25, 0.3) is 0 Å². The van der Waals surface area contributed by atoms with Gasteiger partial charge in [0.1, 0.15) is 0 Å². The summed E-state index contributed by atoms with van der Waals surface area (Å²) in [6.45, 7) is 5.37. The Kier molecular flexibility index (Phi) is 5.14. The first-order valence-electron chi connectivity index (χ1n) is 7.53. The van der Waals surface area contributed by atoms with Crippen molar-refractivity contribution in [1.29, 1.82) is 0 Å². The lowest BCUT2D eigenvalue weighted by Crippen LogP contribution is -2.44. The molecule has 6 heteroatoms. The number of hydrogen-bond donors (Lipinski definition) is 1. The van der Waals surface area contributed by atoms with E-state index in [2.05, 4.69) is 12.2 Å². The summed E-state index contributed by atoms with van der Waals surface area (Å²) in [6, 6.07) is 2.25. The highest BCUT2D eigenvalue weighted by atomic mass is 35.5. The minimum absolute atomic E-state index is 0.0805. The molecule has 21 heavy (non-hydrogen) atoms. The lowest BCUT2D eigenvalue weighted by Gasteiger charge is -2.40. The summed E-state index contributed by atoms with van der Waals surface area (Å²) in [5.41, 5.74) is 1.05. The minimum Gasteiger partial charge on any atom is -0.378 e. The van der Waals surface area contributed by atoms with Gasteiger partial charge < -0.3 is 14.8 Å². The number of thiophene rings is 1. The smallest absolute Gasteiger partial charge is 0.0992 e. The van der Waals surface area contributed by atoms with E-state index in [9.17, 15) is 0 Å². The Morgan fingerprint density at radius 3 is 2.95 bits per heavy atom. The third-order valence-electron chi connectivity index (χ3n) is 4.51. The van der Waals surface area contributed by atoms with E-state index < -0.39 is 0 Å². The molecule has 3 rings (SSSR count). The molecule has 1 N–H and O–H groups in total. The van der Waals surface area contributed by atoms with Crippen molar-refractivity contribution < 1.29 is 9.47 Å². The topological polar surface area (TPSA) is 30.5 Å². The van der Waals surface area contributed by atoms with E-state index in [0.29, 0.717) is 5.92 Å². The molecule has 0 saturated carbocycles. The molecule has 2 saturated heterocycles. The summed E-state index contributed by atoms with van der Waals surface area (Å²) < 4.78 is 13.2. The van der Waals surface area contributed by atoms with Crippen LogP contribution in [-0.2, 0) is 9.47 Å². The monoisotopic (exact) mass is 349 g/mol. The van der Waals surface area contributed by atoms with Crippen LogP contribution < -0.4 is 5.32 Å². The van der Waals surface area contributed by atoms with Crippen molar-refractivity contribution >= 4 is 34.5 Å². The maximum atomic E-state index is 6.38. The number of ether oxygens (including phenoxy) is 2. The Morgan fingerprint density at radius 2 is 2.33 bits per heavy atom. The number of nitrogens with one attached hydrogen (secondary N) is 1. The summed E-state index contributed by atoms with van der Waals surface area (Å²) in [7, 11) is 0. The first-order chi connectivity index (χ1) is 10.1. The zero-order chi connectivity index (χ0) is 14.9. The standard InChI is InChI=1S/C15H21Cl2NO2S/c1-2-18-13(11-7-12(16)21-14(11)17)10-3-5-20-15(8-10)4-6-19-9-15/h7,10,13,18H,2-6,8-9H2,1H3. The second-order valence-electron chi connectivity index (χ2n) is 5.90. The third kappa shape index (κ3) is 3.41. The van der Waals surface area contributed by atoms with Crippen molar-refractivity contribution in [1.82, 2.24) is 5.32 Å². The Balaban J connectivity index is 1.81. The Bertz CT molecular complexity index is 488. The molecule has 2 aliphatic rings. The summed E-state index contributed by atoms with van der Waals surface area (Å²) in [5.74, 6) is 0.503. The van der Waals surface area contributed by atoms with Gasteiger partial charge in [0, 0.05) is 31.2 Å². The zero-order valence-electron chi connectivity index (χ0n) is 12.2. The van der Waals surface area contributed by atoms with E-state index in [1.807, 2.05) is 6.07 Å². The predicted octanol–water partition coefficient (Wildman–Crippen LogP) is 4.29. The lowest BCUT2D eigenvalue weighted by atomic mass is 9.79. The molecular weight excluding hydrogens is 329 g/mol. The molecule has 0 aromatic carbocycles. The van der Waals surface area contributed by atoms with Crippen LogP contribution >= 0.6 is 34.5 Å². The maximum absolute atomic E-state index is 6.38. The van der Waals surface area contributed by atoms with Crippen molar-refractivity contribution in [3.63, 3.8) is 0 Å². The van der Waals surface area contributed by atoms with Gasteiger partial charge in [0.15, 0.2) is 0 Å². The summed E-state index contributed by atoms with van der Waals surface area (Å²) in [4.78, 5) is 0. The van der Waals surface area contributed by atoms with E-state index in [4.69, 9.17) is 32.7 Å². The van der Waals surface area contributed by atoms with Crippen molar-refractivity contribution in [3.8, 4) is 0 Å². The Hall–Kier alpha value is 0.160. The van der Waals surface area contributed by atoms with Gasteiger partial charge in [-0.1, -0.05) is 30.1 Å². The van der Waals surface area contributed by atoms with Crippen LogP contribution in [-0.4, -0.2) is 32.0 Å². The Labute approximate surface area is 139 Å². The van der Waals surface area contributed by atoms with E-state index in [0.717, 1.165) is 59.9 Å². The molecule has 0 amide bonds. The molecule has 1 spiro atoms. The lowest BCUT2D eigenvalue weighted by molar-refractivity contribution is -0.103. The summed E-state index contributed by atoms with van der Waals surface area (Å²) in [5, 5.41) is 3.60. The summed E-state index contributed by atoms with van der Waals surface area (Å²) >= 11 is 14.0. The first kappa shape index (κ1) is 16.0. The van der Waals surface area contributed by atoms with Gasteiger partial charge in [-0.15, -0.1) is 11.3 Å². The van der Waals surface area contributed by atoms with Crippen molar-refractivity contribution in [3.05, 3.63) is 20.3 Å². The van der Waals surface area contributed by atoms with E-state index in [-0.39, 0.29) is 11.6 Å². The van der Waals surface area contributed by atoms with Crippen molar-refractivity contribution in [2.45, 2.75) is 37.8 Å². The third-order valence-corrected chi connectivity index (χ3v) is 6.03. The fourth-order valence-corrected chi connectivity index (χ4v) is 5.08. The van der Waals surface area contributed by atoms with Crippen LogP contribution in [0, 0.1) is 5.92 Å². The molecule has 118 valence electrons. The second kappa shape index (κ2) is 6.73. The molecule has 0 radical (unpaired) electrons. The highest BCUT2D eigenvalue weighted by Crippen LogP contribution is 2.44. The average Bonchev–Trinajstić information content (AvgIpc) is 3.03. The van der Waals surface area contributed by atoms with Crippen molar-refractivity contribution in [2.75, 3.05) is 26.4 Å². The average molecular weight is 350 g/mol. The van der Waals surface area contributed by atoms with E-state index >= 15 is 0 Å². The fraction of sp³-hybridized carbons (Fsp3) is 0.733. The Morgan fingerprint density at radius 1 is 1.48 bits per heavy atom. The van der Waals surface area contributed by atoms with Crippen LogP contribution in [0.4, 0.5) is 0 Å². The minimum atomic E-state index is -0.0805. The fourth-order valence-electron chi connectivity index (χ4n) is 3.53. The summed E-state index contributed by atoms with van der Waals surface area (Å²) in [6.07, 6.45) is 3.07. The van der Waals surface area contributed by atoms with Gasteiger partial charge >= 0.3 is 0 Å². The van der Waals surface area contributed by atoms with Crippen molar-refractivity contribution in [2.24, 2.45) is 5.92 Å². The molecule has 2 fully saturated rings. The molecule has 1 aromatic rings. The molecule has 0 aliphatic carbocycles. The van der Waals surface area contributed by atoms with Gasteiger partial charge in [0.05, 0.1) is 20.9 Å². The quantitative estimate of drug-likeness (QED) is 0.879. The molecule has 1 aromatic heterocycles. The molecule has 2 aliphatic heterocycles. The molecule has 3 heterocycles. The molecule has 3 nitrogen and oxygen atoms in total. The van der Waals surface area contributed by atoms with E-state index in [1.54, 1.807) is 0 Å². The number of rotatable bonds is 4. The van der Waals surface area contributed by atoms with Crippen LogP contribution in [0.5, 0.6) is 0 Å². The molecule has 3 atom stereocenters. The second-order valence-corrected chi connectivity index (χ2v) is 8.19.